The number of anilines is 1. The van der Waals surface area contributed by atoms with Crippen molar-refractivity contribution in [2.75, 3.05) is 18.0 Å². The van der Waals surface area contributed by atoms with Crippen molar-refractivity contribution in [3.63, 3.8) is 0 Å². The average molecular weight is 211 g/mol. The zero-order valence-electron chi connectivity index (χ0n) is 7.73. The van der Waals surface area contributed by atoms with Crippen LogP contribution in [0.5, 0.6) is 0 Å². The van der Waals surface area contributed by atoms with Gasteiger partial charge in [0.2, 0.25) is 0 Å². The van der Waals surface area contributed by atoms with E-state index < -0.39 is 0 Å². The lowest BCUT2D eigenvalue weighted by Crippen LogP contribution is -2.24. The molecule has 14 heavy (non-hydrogen) atoms. The Labute approximate surface area is 87.9 Å². The number of hydrogen-bond acceptors (Lipinski definition) is 4. The molecule has 0 spiro atoms. The van der Waals surface area contributed by atoms with Gasteiger partial charge in [-0.05, 0) is 5.21 Å². The minimum Gasteiger partial charge on any atom is -0.348 e. The van der Waals surface area contributed by atoms with E-state index in [4.69, 9.17) is 11.6 Å². The molecule has 74 valence electrons. The van der Waals surface area contributed by atoms with Crippen LogP contribution in [0, 0.1) is 0 Å². The fraction of sp³-hybridized carbons (Fsp3) is 0.222. The van der Waals surface area contributed by atoms with Gasteiger partial charge in [0.15, 0.2) is 11.0 Å². The van der Waals surface area contributed by atoms with Gasteiger partial charge in [0.05, 0.1) is 0 Å². The van der Waals surface area contributed by atoms with Crippen LogP contribution >= 0.6 is 11.6 Å². The second kappa shape index (κ2) is 5.34. The fourth-order valence-electron chi connectivity index (χ4n) is 1.00. The summed E-state index contributed by atoms with van der Waals surface area (Å²) in [6, 6.07) is 1.65. The summed E-state index contributed by atoms with van der Waals surface area (Å²) in [7, 11) is 0. The van der Waals surface area contributed by atoms with E-state index in [9.17, 15) is 0 Å². The Balaban J connectivity index is 2.85. The maximum Gasteiger partial charge on any atom is 0.157 e. The largest absolute Gasteiger partial charge is 0.348 e. The van der Waals surface area contributed by atoms with Gasteiger partial charge < -0.3 is 4.90 Å². The number of aromatic nitrogens is 3. The molecule has 0 radical (unpaired) electrons. The monoisotopic (exact) mass is 210 g/mol. The highest BCUT2D eigenvalue weighted by atomic mass is 35.5. The van der Waals surface area contributed by atoms with Crippen molar-refractivity contribution in [2.24, 2.45) is 0 Å². The Morgan fingerprint density at radius 1 is 1.29 bits per heavy atom. The van der Waals surface area contributed by atoms with Gasteiger partial charge in [-0.15, -0.1) is 23.4 Å². The minimum absolute atomic E-state index is 0.327. The van der Waals surface area contributed by atoms with E-state index in [1.807, 2.05) is 4.90 Å². The molecule has 0 fully saturated rings. The third-order valence-corrected chi connectivity index (χ3v) is 1.74. The molecule has 1 rings (SSSR count). The summed E-state index contributed by atoms with van der Waals surface area (Å²) >= 11 is 5.70. The van der Waals surface area contributed by atoms with E-state index in [1.165, 1.54) is 0 Å². The number of rotatable bonds is 5. The molecule has 0 saturated carbocycles. The summed E-state index contributed by atoms with van der Waals surface area (Å²) in [6.07, 6.45) is 3.55. The topological polar surface area (TPSA) is 41.9 Å². The molecule has 4 nitrogen and oxygen atoms in total. The highest BCUT2D eigenvalue weighted by molar-refractivity contribution is 6.29. The summed E-state index contributed by atoms with van der Waals surface area (Å²) in [4.78, 5) is 1.93. The maximum atomic E-state index is 5.70. The molecule has 0 aromatic carbocycles. The lowest BCUT2D eigenvalue weighted by molar-refractivity contribution is 0.818. The van der Waals surface area contributed by atoms with Crippen LogP contribution < -0.4 is 4.90 Å². The van der Waals surface area contributed by atoms with Gasteiger partial charge in [0, 0.05) is 19.2 Å². The van der Waals surface area contributed by atoms with Crippen molar-refractivity contribution in [1.82, 2.24) is 15.4 Å². The molecular weight excluding hydrogens is 200 g/mol. The summed E-state index contributed by atoms with van der Waals surface area (Å²) in [5.41, 5.74) is 0. The first-order chi connectivity index (χ1) is 6.77. The van der Waals surface area contributed by atoms with Gasteiger partial charge in [0.1, 0.15) is 0 Å². The first-order valence-electron chi connectivity index (χ1n) is 4.10. The first kappa shape index (κ1) is 10.7. The fourth-order valence-corrected chi connectivity index (χ4v) is 1.13. The molecule has 1 aromatic rings. The van der Waals surface area contributed by atoms with Crippen molar-refractivity contribution in [3.05, 3.63) is 36.5 Å². The molecule has 0 amide bonds. The molecule has 1 heterocycles. The van der Waals surface area contributed by atoms with Crippen LogP contribution in [0.25, 0.3) is 0 Å². The zero-order valence-corrected chi connectivity index (χ0v) is 8.48. The van der Waals surface area contributed by atoms with E-state index in [0.29, 0.717) is 24.1 Å². The van der Waals surface area contributed by atoms with Crippen LogP contribution in [0.2, 0.25) is 5.15 Å². The van der Waals surface area contributed by atoms with Crippen LogP contribution in [0.15, 0.2) is 31.4 Å². The molecule has 0 bridgehead atoms. The lowest BCUT2D eigenvalue weighted by Gasteiger charge is -2.18. The van der Waals surface area contributed by atoms with Gasteiger partial charge in [-0.3, -0.25) is 0 Å². The van der Waals surface area contributed by atoms with E-state index >= 15 is 0 Å². The quantitative estimate of drug-likeness (QED) is 0.694. The smallest absolute Gasteiger partial charge is 0.157 e. The second-order valence-electron chi connectivity index (χ2n) is 2.60. The van der Waals surface area contributed by atoms with E-state index in [0.717, 1.165) is 0 Å². The van der Waals surface area contributed by atoms with Crippen molar-refractivity contribution in [3.8, 4) is 0 Å². The standard InChI is InChI=1S/C9H11ClN4/c1-3-5-14(6-4-2)9-7-8(10)11-13-12-9/h3-4,7H,1-2,5-6H2. The van der Waals surface area contributed by atoms with Crippen LogP contribution in [0.4, 0.5) is 5.82 Å². The van der Waals surface area contributed by atoms with Gasteiger partial charge in [-0.1, -0.05) is 23.8 Å². The van der Waals surface area contributed by atoms with Gasteiger partial charge in [-0.25, -0.2) is 0 Å². The van der Waals surface area contributed by atoms with Crippen LogP contribution in [0.3, 0.4) is 0 Å². The Hall–Kier alpha value is -1.42. The van der Waals surface area contributed by atoms with Crippen LogP contribution in [0.1, 0.15) is 0 Å². The number of hydrogen-bond donors (Lipinski definition) is 0. The third kappa shape index (κ3) is 2.81. The number of nitrogens with zero attached hydrogens (tertiary/aromatic N) is 4. The predicted octanol–water partition coefficient (Wildman–Crippen LogP) is 1.70. The van der Waals surface area contributed by atoms with Crippen molar-refractivity contribution < 1.29 is 0 Å². The summed E-state index contributed by atoms with van der Waals surface area (Å²) in [5.74, 6) is 0.671. The lowest BCUT2D eigenvalue weighted by atomic mass is 10.4. The first-order valence-corrected chi connectivity index (χ1v) is 4.48. The van der Waals surface area contributed by atoms with Crippen molar-refractivity contribution in [2.45, 2.75) is 0 Å². The Morgan fingerprint density at radius 3 is 2.43 bits per heavy atom. The second-order valence-corrected chi connectivity index (χ2v) is 2.98. The highest BCUT2D eigenvalue weighted by Gasteiger charge is 2.05. The third-order valence-electron chi connectivity index (χ3n) is 1.56. The van der Waals surface area contributed by atoms with Crippen molar-refractivity contribution in [1.29, 1.82) is 0 Å². The van der Waals surface area contributed by atoms with Gasteiger partial charge >= 0.3 is 0 Å². The molecule has 0 saturated heterocycles. The average Bonchev–Trinajstić information content (AvgIpc) is 2.17. The molecule has 0 atom stereocenters. The number of halogens is 1. The van der Waals surface area contributed by atoms with Crippen molar-refractivity contribution >= 4 is 17.4 Å². The Bertz CT molecular complexity index is 316. The molecule has 0 unspecified atom stereocenters. The normalized spacial score (nSPS) is 9.50. The molecular formula is C9H11ClN4. The van der Waals surface area contributed by atoms with E-state index in [1.54, 1.807) is 18.2 Å². The predicted molar refractivity (Wildman–Crippen MR) is 57.4 cm³/mol. The Morgan fingerprint density at radius 2 is 1.93 bits per heavy atom. The molecule has 0 N–H and O–H groups in total. The van der Waals surface area contributed by atoms with Crippen LogP contribution in [-0.4, -0.2) is 28.5 Å². The van der Waals surface area contributed by atoms with Crippen LogP contribution in [-0.2, 0) is 0 Å². The molecule has 5 heteroatoms. The Kier molecular flexibility index (Phi) is 4.07. The minimum atomic E-state index is 0.327. The van der Waals surface area contributed by atoms with Gasteiger partial charge in [0.25, 0.3) is 0 Å². The highest BCUT2D eigenvalue weighted by Crippen LogP contribution is 2.12. The summed E-state index contributed by atoms with van der Waals surface area (Å²) in [5, 5.41) is 11.3. The molecule has 0 aliphatic heterocycles. The van der Waals surface area contributed by atoms with E-state index in [2.05, 4.69) is 28.6 Å². The van der Waals surface area contributed by atoms with Gasteiger partial charge in [-0.2, -0.15) is 0 Å². The SMILES string of the molecule is C=CCN(CC=C)c1cc(Cl)nnn1. The zero-order chi connectivity index (χ0) is 10.4. The molecule has 0 aliphatic rings. The summed E-state index contributed by atoms with van der Waals surface area (Å²) in [6.45, 7) is 8.65. The summed E-state index contributed by atoms with van der Waals surface area (Å²) < 4.78 is 0. The molecule has 0 aliphatic carbocycles. The molecule has 1 aromatic heterocycles. The van der Waals surface area contributed by atoms with E-state index in [-0.39, 0.29) is 0 Å². The maximum absolute atomic E-state index is 5.70.